The van der Waals surface area contributed by atoms with Crippen LogP contribution in [0, 0.1) is 6.92 Å². The van der Waals surface area contributed by atoms with Crippen LogP contribution in [0.3, 0.4) is 0 Å². The maximum absolute atomic E-state index is 11.7. The molecule has 0 aromatic heterocycles. The molecule has 1 rings (SSSR count). The number of nitrogens with one attached hydrogen (secondary N) is 1. The van der Waals surface area contributed by atoms with Gasteiger partial charge >= 0.3 is 0 Å². The molecule has 0 fully saturated rings. The lowest BCUT2D eigenvalue weighted by Gasteiger charge is -2.13. The predicted molar refractivity (Wildman–Crippen MR) is 67.7 cm³/mol. The van der Waals surface area contributed by atoms with Gasteiger partial charge in [0.1, 0.15) is 0 Å². The molecule has 1 atom stereocenters. The maximum Gasteiger partial charge on any atom is 0.241 e. The summed E-state index contributed by atoms with van der Waals surface area (Å²) in [6.07, 6.45) is 1.58. The molecule has 3 N–H and O–H groups in total. The van der Waals surface area contributed by atoms with E-state index in [1.807, 2.05) is 19.9 Å². The quantitative estimate of drug-likeness (QED) is 0.850. The first-order valence-electron chi connectivity index (χ1n) is 5.37. The SMILES string of the molecule is CCC[C@H](N)C(=O)Nc1cccc(Cl)c1C. The maximum atomic E-state index is 11.7. The van der Waals surface area contributed by atoms with E-state index in [2.05, 4.69) is 5.32 Å². The van der Waals surface area contributed by atoms with E-state index in [0.29, 0.717) is 11.4 Å². The van der Waals surface area contributed by atoms with Gasteiger partial charge in [0.25, 0.3) is 0 Å². The third kappa shape index (κ3) is 3.22. The van der Waals surface area contributed by atoms with Gasteiger partial charge in [-0.15, -0.1) is 0 Å². The smallest absolute Gasteiger partial charge is 0.241 e. The number of carbonyl (C=O) groups excluding carboxylic acids is 1. The standard InChI is InChI=1S/C12H17ClN2O/c1-3-5-10(14)12(16)15-11-7-4-6-9(13)8(11)2/h4,6-7,10H,3,5,14H2,1-2H3,(H,15,16)/t10-/m0/s1. The first-order chi connectivity index (χ1) is 7.56. The summed E-state index contributed by atoms with van der Waals surface area (Å²) >= 11 is 5.96. The van der Waals surface area contributed by atoms with Crippen LogP contribution in [0.15, 0.2) is 18.2 Å². The summed E-state index contributed by atoms with van der Waals surface area (Å²) in [5.41, 5.74) is 7.31. The van der Waals surface area contributed by atoms with Gasteiger partial charge in [0.15, 0.2) is 0 Å². The van der Waals surface area contributed by atoms with Gasteiger partial charge in [0.2, 0.25) is 5.91 Å². The Balaban J connectivity index is 2.73. The molecule has 0 heterocycles. The van der Waals surface area contributed by atoms with Crippen LogP contribution in [0.5, 0.6) is 0 Å². The molecule has 1 aromatic carbocycles. The first kappa shape index (κ1) is 13.0. The van der Waals surface area contributed by atoms with Crippen LogP contribution in [0.1, 0.15) is 25.3 Å². The van der Waals surface area contributed by atoms with Crippen molar-refractivity contribution >= 4 is 23.2 Å². The molecule has 0 radical (unpaired) electrons. The van der Waals surface area contributed by atoms with E-state index >= 15 is 0 Å². The van der Waals surface area contributed by atoms with E-state index < -0.39 is 6.04 Å². The van der Waals surface area contributed by atoms with Gasteiger partial charge < -0.3 is 11.1 Å². The average molecular weight is 241 g/mol. The number of hydrogen-bond acceptors (Lipinski definition) is 2. The fourth-order valence-electron chi connectivity index (χ4n) is 1.41. The van der Waals surface area contributed by atoms with Crippen LogP contribution in [-0.4, -0.2) is 11.9 Å². The second-order valence-corrected chi connectivity index (χ2v) is 4.20. The van der Waals surface area contributed by atoms with Crippen molar-refractivity contribution in [2.24, 2.45) is 5.73 Å². The Morgan fingerprint density at radius 2 is 2.25 bits per heavy atom. The lowest BCUT2D eigenvalue weighted by atomic mass is 10.1. The molecule has 0 unspecified atom stereocenters. The van der Waals surface area contributed by atoms with Gasteiger partial charge in [-0.25, -0.2) is 0 Å². The Morgan fingerprint density at radius 3 is 2.88 bits per heavy atom. The second kappa shape index (κ2) is 5.87. The molecule has 4 heteroatoms. The lowest BCUT2D eigenvalue weighted by molar-refractivity contribution is -0.117. The van der Waals surface area contributed by atoms with Crippen molar-refractivity contribution in [3.8, 4) is 0 Å². The molecule has 1 aromatic rings. The third-order valence-electron chi connectivity index (χ3n) is 2.46. The van der Waals surface area contributed by atoms with Gasteiger partial charge in [-0.1, -0.05) is 31.0 Å². The Labute approximate surface area is 101 Å². The summed E-state index contributed by atoms with van der Waals surface area (Å²) < 4.78 is 0. The van der Waals surface area contributed by atoms with E-state index in [0.717, 1.165) is 17.7 Å². The summed E-state index contributed by atoms with van der Waals surface area (Å²) in [7, 11) is 0. The van der Waals surface area contributed by atoms with Crippen molar-refractivity contribution in [1.29, 1.82) is 0 Å². The van der Waals surface area contributed by atoms with Crippen molar-refractivity contribution in [3.05, 3.63) is 28.8 Å². The average Bonchev–Trinajstić information content (AvgIpc) is 2.25. The Bertz CT molecular complexity index is 379. The lowest BCUT2D eigenvalue weighted by Crippen LogP contribution is -2.35. The molecule has 1 amide bonds. The Hall–Kier alpha value is -1.06. The minimum Gasteiger partial charge on any atom is -0.324 e. The normalized spacial score (nSPS) is 12.2. The third-order valence-corrected chi connectivity index (χ3v) is 2.87. The molecule has 0 saturated heterocycles. The number of halogens is 1. The molecule has 16 heavy (non-hydrogen) atoms. The summed E-state index contributed by atoms with van der Waals surface area (Å²) in [4.78, 5) is 11.7. The van der Waals surface area contributed by atoms with Gasteiger partial charge in [0.05, 0.1) is 6.04 Å². The van der Waals surface area contributed by atoms with Gasteiger partial charge in [0, 0.05) is 10.7 Å². The number of rotatable bonds is 4. The number of amides is 1. The van der Waals surface area contributed by atoms with Crippen molar-refractivity contribution < 1.29 is 4.79 Å². The summed E-state index contributed by atoms with van der Waals surface area (Å²) in [5, 5.41) is 3.43. The molecule has 88 valence electrons. The molecule has 0 aliphatic heterocycles. The predicted octanol–water partition coefficient (Wildman–Crippen LogP) is 2.71. The molecular weight excluding hydrogens is 224 g/mol. The van der Waals surface area contributed by atoms with Crippen molar-refractivity contribution in [2.75, 3.05) is 5.32 Å². The summed E-state index contributed by atoms with van der Waals surface area (Å²) in [5.74, 6) is -0.160. The van der Waals surface area contributed by atoms with Crippen molar-refractivity contribution in [3.63, 3.8) is 0 Å². The molecule has 0 aliphatic carbocycles. The molecule has 0 aliphatic rings. The first-order valence-corrected chi connectivity index (χ1v) is 5.75. The topological polar surface area (TPSA) is 55.1 Å². The largest absolute Gasteiger partial charge is 0.324 e. The van der Waals surface area contributed by atoms with E-state index in [1.54, 1.807) is 12.1 Å². The zero-order valence-electron chi connectivity index (χ0n) is 9.59. The van der Waals surface area contributed by atoms with E-state index in [-0.39, 0.29) is 5.91 Å². The number of nitrogens with two attached hydrogens (primary N) is 1. The van der Waals surface area contributed by atoms with Crippen molar-refractivity contribution in [2.45, 2.75) is 32.7 Å². The second-order valence-electron chi connectivity index (χ2n) is 3.80. The highest BCUT2D eigenvalue weighted by Gasteiger charge is 2.13. The van der Waals surface area contributed by atoms with Crippen LogP contribution in [0.2, 0.25) is 5.02 Å². The number of anilines is 1. The molecule has 0 bridgehead atoms. The minimum absolute atomic E-state index is 0.160. The highest BCUT2D eigenvalue weighted by Crippen LogP contribution is 2.22. The fraction of sp³-hybridized carbons (Fsp3) is 0.417. The fourth-order valence-corrected chi connectivity index (χ4v) is 1.58. The number of carbonyl (C=O) groups is 1. The summed E-state index contributed by atoms with van der Waals surface area (Å²) in [6.45, 7) is 3.86. The monoisotopic (exact) mass is 240 g/mol. The van der Waals surface area contributed by atoms with Crippen LogP contribution < -0.4 is 11.1 Å². The van der Waals surface area contributed by atoms with Crippen LogP contribution in [0.25, 0.3) is 0 Å². The summed E-state index contributed by atoms with van der Waals surface area (Å²) in [6, 6.07) is 4.95. The van der Waals surface area contributed by atoms with Crippen molar-refractivity contribution in [1.82, 2.24) is 0 Å². The van der Waals surface area contributed by atoms with Gasteiger partial charge in [-0.2, -0.15) is 0 Å². The highest BCUT2D eigenvalue weighted by atomic mass is 35.5. The molecule has 0 spiro atoms. The van der Waals surface area contributed by atoms with E-state index in [4.69, 9.17) is 17.3 Å². The van der Waals surface area contributed by atoms with Gasteiger partial charge in [-0.3, -0.25) is 4.79 Å². The number of hydrogen-bond donors (Lipinski definition) is 2. The van der Waals surface area contributed by atoms with Crippen LogP contribution in [-0.2, 0) is 4.79 Å². The number of benzene rings is 1. The molecular formula is C12H17ClN2O. The minimum atomic E-state index is -0.455. The van der Waals surface area contributed by atoms with E-state index in [9.17, 15) is 4.79 Å². The van der Waals surface area contributed by atoms with Crippen LogP contribution >= 0.6 is 11.6 Å². The Morgan fingerprint density at radius 1 is 1.56 bits per heavy atom. The Kier molecular flexibility index (Phi) is 4.77. The molecule has 3 nitrogen and oxygen atoms in total. The molecule has 0 saturated carbocycles. The van der Waals surface area contributed by atoms with E-state index in [1.165, 1.54) is 0 Å². The van der Waals surface area contributed by atoms with Gasteiger partial charge in [-0.05, 0) is 31.0 Å². The highest BCUT2D eigenvalue weighted by molar-refractivity contribution is 6.31. The zero-order chi connectivity index (χ0) is 12.1. The zero-order valence-corrected chi connectivity index (χ0v) is 10.3. The van der Waals surface area contributed by atoms with Crippen LogP contribution in [0.4, 0.5) is 5.69 Å².